The number of benzene rings is 2. The molecule has 1 amide bonds. The van der Waals surface area contributed by atoms with E-state index >= 15 is 0 Å². The first-order chi connectivity index (χ1) is 11.1. The van der Waals surface area contributed by atoms with Gasteiger partial charge in [-0.25, -0.2) is 4.39 Å². The Morgan fingerprint density at radius 2 is 1.91 bits per heavy atom. The molecule has 0 saturated carbocycles. The first-order valence-corrected chi connectivity index (χ1v) is 7.91. The second kappa shape index (κ2) is 6.50. The highest BCUT2D eigenvalue weighted by atomic mass is 19.1. The topological polar surface area (TPSA) is 46.3 Å². The Bertz CT molecular complexity index is 689. The van der Waals surface area contributed by atoms with E-state index in [1.54, 1.807) is 17.0 Å². The number of amides is 1. The molecule has 0 aliphatic carbocycles. The highest BCUT2D eigenvalue weighted by Crippen LogP contribution is 2.29. The van der Waals surface area contributed by atoms with Crippen LogP contribution in [-0.2, 0) is 4.79 Å². The Morgan fingerprint density at radius 1 is 1.17 bits per heavy atom. The first-order valence-electron chi connectivity index (χ1n) is 7.91. The van der Waals surface area contributed by atoms with Gasteiger partial charge < -0.3 is 10.6 Å². The summed E-state index contributed by atoms with van der Waals surface area (Å²) in [7, 11) is 0. The summed E-state index contributed by atoms with van der Waals surface area (Å²) in [5, 5.41) is 0. The molecule has 1 unspecified atom stereocenters. The van der Waals surface area contributed by atoms with Crippen LogP contribution >= 0.6 is 0 Å². The average molecular weight is 312 g/mol. The molecule has 2 aromatic rings. The number of likely N-dealkylation sites (tertiary alicyclic amines) is 1. The van der Waals surface area contributed by atoms with Gasteiger partial charge in [-0.3, -0.25) is 4.79 Å². The maximum atomic E-state index is 13.4. The van der Waals surface area contributed by atoms with E-state index in [1.165, 1.54) is 12.1 Å². The van der Waals surface area contributed by atoms with Crippen LogP contribution in [-0.4, -0.2) is 29.9 Å². The molecule has 0 radical (unpaired) electrons. The molecule has 1 fully saturated rings. The minimum atomic E-state index is -0.368. The van der Waals surface area contributed by atoms with E-state index < -0.39 is 0 Å². The summed E-state index contributed by atoms with van der Waals surface area (Å²) in [4.78, 5) is 14.5. The molecule has 23 heavy (non-hydrogen) atoms. The molecule has 2 N–H and O–H groups in total. The maximum absolute atomic E-state index is 13.4. The van der Waals surface area contributed by atoms with E-state index in [1.807, 2.05) is 25.1 Å². The van der Waals surface area contributed by atoms with E-state index in [2.05, 4.69) is 12.1 Å². The van der Waals surface area contributed by atoms with Gasteiger partial charge in [-0.05, 0) is 30.2 Å². The van der Waals surface area contributed by atoms with Gasteiger partial charge in [-0.15, -0.1) is 0 Å². The molecule has 3 atom stereocenters. The van der Waals surface area contributed by atoms with Crippen molar-refractivity contribution < 1.29 is 9.18 Å². The number of nitrogens with two attached hydrogens (primary N) is 1. The molecular formula is C19H21FN2O. The molecular weight excluding hydrogens is 291 g/mol. The van der Waals surface area contributed by atoms with Crippen molar-refractivity contribution in [2.75, 3.05) is 13.1 Å². The number of hydrogen-bond acceptors (Lipinski definition) is 2. The molecule has 3 nitrogen and oxygen atoms in total. The third-order valence-electron chi connectivity index (χ3n) is 4.62. The third-order valence-corrected chi connectivity index (χ3v) is 4.62. The standard InChI is InChI=1S/C19H21FN2O/c1-13(15-8-5-9-16(20)10-15)19(23)22-11-17(18(21)12-22)14-6-3-2-4-7-14/h2-10,13,17-18H,11-12,21H2,1H3/t13?,17-,18+/m0/s1. The summed E-state index contributed by atoms with van der Waals surface area (Å²) in [5.74, 6) is -0.529. The number of carbonyl (C=O) groups excluding carboxylic acids is 1. The van der Waals surface area contributed by atoms with Gasteiger partial charge in [0, 0.05) is 25.0 Å². The quantitative estimate of drug-likeness (QED) is 0.947. The summed E-state index contributed by atoms with van der Waals surface area (Å²) in [5.41, 5.74) is 8.11. The molecule has 1 saturated heterocycles. The highest BCUT2D eigenvalue weighted by molar-refractivity contribution is 5.83. The number of hydrogen-bond donors (Lipinski definition) is 1. The van der Waals surface area contributed by atoms with Crippen LogP contribution in [0, 0.1) is 5.82 Å². The minimum Gasteiger partial charge on any atom is -0.340 e. The van der Waals surface area contributed by atoms with Gasteiger partial charge in [-0.2, -0.15) is 0 Å². The summed E-state index contributed by atoms with van der Waals surface area (Å²) >= 11 is 0. The fourth-order valence-corrected chi connectivity index (χ4v) is 3.25. The van der Waals surface area contributed by atoms with E-state index in [-0.39, 0.29) is 29.6 Å². The summed E-state index contributed by atoms with van der Waals surface area (Å²) < 4.78 is 13.4. The van der Waals surface area contributed by atoms with Crippen molar-refractivity contribution in [1.82, 2.24) is 4.90 Å². The van der Waals surface area contributed by atoms with Crippen LogP contribution < -0.4 is 5.73 Å². The van der Waals surface area contributed by atoms with Crippen LogP contribution in [0.5, 0.6) is 0 Å². The Morgan fingerprint density at radius 3 is 2.61 bits per heavy atom. The predicted molar refractivity (Wildman–Crippen MR) is 88.6 cm³/mol. The Hall–Kier alpha value is -2.20. The lowest BCUT2D eigenvalue weighted by Crippen LogP contribution is -2.34. The van der Waals surface area contributed by atoms with Crippen molar-refractivity contribution in [2.24, 2.45) is 5.73 Å². The molecule has 1 heterocycles. The van der Waals surface area contributed by atoms with Crippen LogP contribution in [0.25, 0.3) is 0 Å². The lowest BCUT2D eigenvalue weighted by atomic mass is 9.95. The molecule has 0 bridgehead atoms. The van der Waals surface area contributed by atoms with Crippen molar-refractivity contribution >= 4 is 5.91 Å². The lowest BCUT2D eigenvalue weighted by molar-refractivity contribution is -0.131. The largest absolute Gasteiger partial charge is 0.340 e. The minimum absolute atomic E-state index is 0.00415. The van der Waals surface area contributed by atoms with Gasteiger partial charge in [0.2, 0.25) is 5.91 Å². The fraction of sp³-hybridized carbons (Fsp3) is 0.316. The van der Waals surface area contributed by atoms with E-state index in [0.29, 0.717) is 18.7 Å². The van der Waals surface area contributed by atoms with Crippen molar-refractivity contribution in [1.29, 1.82) is 0 Å². The monoisotopic (exact) mass is 312 g/mol. The second-order valence-electron chi connectivity index (χ2n) is 6.20. The van der Waals surface area contributed by atoms with Crippen molar-refractivity contribution in [3.63, 3.8) is 0 Å². The van der Waals surface area contributed by atoms with Gasteiger partial charge >= 0.3 is 0 Å². The Balaban J connectivity index is 1.74. The summed E-state index contributed by atoms with van der Waals surface area (Å²) in [6.45, 7) is 2.97. The first kappa shape index (κ1) is 15.7. The van der Waals surface area contributed by atoms with Crippen molar-refractivity contribution in [2.45, 2.75) is 24.8 Å². The SMILES string of the molecule is CC(C(=O)N1C[C@@H](N)[C@H](c2ccccc2)C1)c1cccc(F)c1. The van der Waals surface area contributed by atoms with E-state index in [9.17, 15) is 9.18 Å². The van der Waals surface area contributed by atoms with Gasteiger partial charge in [-0.1, -0.05) is 42.5 Å². The average Bonchev–Trinajstić information content (AvgIpc) is 2.96. The number of nitrogens with zero attached hydrogens (tertiary/aromatic N) is 1. The predicted octanol–water partition coefficient (Wildman–Crippen LogP) is 2.88. The number of halogens is 1. The zero-order valence-electron chi connectivity index (χ0n) is 13.2. The van der Waals surface area contributed by atoms with Crippen LogP contribution in [0.15, 0.2) is 54.6 Å². The normalized spacial score (nSPS) is 22.1. The lowest BCUT2D eigenvalue weighted by Gasteiger charge is -2.21. The van der Waals surface area contributed by atoms with Crippen molar-refractivity contribution in [3.05, 3.63) is 71.5 Å². The second-order valence-corrected chi connectivity index (χ2v) is 6.20. The molecule has 0 aromatic heterocycles. The number of carbonyl (C=O) groups is 1. The third kappa shape index (κ3) is 3.27. The van der Waals surface area contributed by atoms with Crippen LogP contribution in [0.1, 0.15) is 29.9 Å². The van der Waals surface area contributed by atoms with E-state index in [0.717, 1.165) is 5.56 Å². The zero-order chi connectivity index (χ0) is 16.4. The summed E-state index contributed by atoms with van der Waals surface area (Å²) in [6, 6.07) is 16.2. The maximum Gasteiger partial charge on any atom is 0.229 e. The zero-order valence-corrected chi connectivity index (χ0v) is 13.2. The molecule has 1 aliphatic heterocycles. The van der Waals surface area contributed by atoms with Crippen LogP contribution in [0.3, 0.4) is 0 Å². The summed E-state index contributed by atoms with van der Waals surface area (Å²) in [6.07, 6.45) is 0. The Kier molecular flexibility index (Phi) is 4.44. The van der Waals surface area contributed by atoms with Gasteiger partial charge in [0.05, 0.1) is 5.92 Å². The fourth-order valence-electron chi connectivity index (χ4n) is 3.25. The molecule has 3 rings (SSSR count). The Labute approximate surface area is 135 Å². The van der Waals surface area contributed by atoms with Gasteiger partial charge in [0.15, 0.2) is 0 Å². The van der Waals surface area contributed by atoms with Crippen LogP contribution in [0.4, 0.5) is 4.39 Å². The van der Waals surface area contributed by atoms with E-state index in [4.69, 9.17) is 5.73 Å². The van der Waals surface area contributed by atoms with Crippen molar-refractivity contribution in [3.8, 4) is 0 Å². The molecule has 4 heteroatoms. The highest BCUT2D eigenvalue weighted by Gasteiger charge is 2.35. The van der Waals surface area contributed by atoms with Gasteiger partial charge in [0.25, 0.3) is 0 Å². The molecule has 120 valence electrons. The molecule has 1 aliphatic rings. The molecule has 2 aromatic carbocycles. The van der Waals surface area contributed by atoms with Crippen LogP contribution in [0.2, 0.25) is 0 Å². The van der Waals surface area contributed by atoms with Gasteiger partial charge in [0.1, 0.15) is 5.82 Å². The smallest absolute Gasteiger partial charge is 0.229 e. The molecule has 0 spiro atoms. The number of rotatable bonds is 3.